The molecule has 2 aliphatic rings. The molecule has 0 aliphatic carbocycles. The van der Waals surface area contributed by atoms with E-state index >= 15 is 0 Å². The van der Waals surface area contributed by atoms with Crippen molar-refractivity contribution >= 4 is 23.2 Å². The minimum Gasteiger partial charge on any atom is -0.366 e. The predicted molar refractivity (Wildman–Crippen MR) is 111 cm³/mol. The van der Waals surface area contributed by atoms with E-state index in [0.717, 1.165) is 30.8 Å². The molecule has 5 rings (SSSR count). The van der Waals surface area contributed by atoms with Gasteiger partial charge in [-0.3, -0.25) is 9.88 Å². The molecule has 31 heavy (non-hydrogen) atoms. The second-order valence-electron chi connectivity index (χ2n) is 7.55. The van der Waals surface area contributed by atoms with Crippen LogP contribution in [0, 0.1) is 0 Å². The zero-order valence-corrected chi connectivity index (χ0v) is 16.3. The first-order chi connectivity index (χ1) is 14.9. The molecular weight excluding hydrogens is 407 g/mol. The summed E-state index contributed by atoms with van der Waals surface area (Å²) in [6.07, 6.45) is -0.486. The molecule has 158 valence electrons. The first-order valence-corrected chi connectivity index (χ1v) is 9.84. The van der Waals surface area contributed by atoms with E-state index in [-0.39, 0.29) is 12.1 Å². The maximum Gasteiger partial charge on any atom is 0.416 e. The van der Waals surface area contributed by atoms with Crippen LogP contribution in [0.4, 0.5) is 35.2 Å². The molecule has 1 saturated heterocycles. The molecule has 2 amide bonds. The number of amides is 2. The molecule has 0 saturated carbocycles. The van der Waals surface area contributed by atoms with Crippen LogP contribution in [0.2, 0.25) is 0 Å². The normalized spacial score (nSPS) is 17.5. The number of benzene rings is 1. The van der Waals surface area contributed by atoms with Crippen molar-refractivity contribution in [1.29, 1.82) is 0 Å². The third-order valence-corrected chi connectivity index (χ3v) is 5.57. The minimum atomic E-state index is -4.44. The number of hydrogen-bond acceptors (Lipinski definition) is 4. The fourth-order valence-electron chi connectivity index (χ4n) is 4.11. The summed E-state index contributed by atoms with van der Waals surface area (Å²) in [4.78, 5) is 25.5. The molecule has 3 aromatic rings. The highest BCUT2D eigenvalue weighted by Gasteiger charge is 2.40. The maximum atomic E-state index is 13.1. The molecule has 1 fully saturated rings. The molecule has 0 spiro atoms. The monoisotopic (exact) mass is 425 g/mol. The van der Waals surface area contributed by atoms with Crippen molar-refractivity contribution in [2.24, 2.45) is 0 Å². The van der Waals surface area contributed by atoms with Gasteiger partial charge in [-0.1, -0.05) is 12.1 Å². The third kappa shape index (κ3) is 3.56. The summed E-state index contributed by atoms with van der Waals surface area (Å²) in [5.74, 6) is 0.449. The van der Waals surface area contributed by atoms with Crippen molar-refractivity contribution in [3.63, 3.8) is 0 Å². The van der Waals surface area contributed by atoms with Gasteiger partial charge in [0.05, 0.1) is 34.9 Å². The van der Waals surface area contributed by atoms with E-state index in [0.29, 0.717) is 29.3 Å². The third-order valence-electron chi connectivity index (χ3n) is 5.57. The van der Waals surface area contributed by atoms with Gasteiger partial charge in [-0.15, -0.1) is 0 Å². The van der Waals surface area contributed by atoms with E-state index in [1.54, 1.807) is 41.6 Å². The van der Waals surface area contributed by atoms with Crippen LogP contribution in [0.25, 0.3) is 11.3 Å². The Morgan fingerprint density at radius 1 is 1.13 bits per heavy atom. The van der Waals surface area contributed by atoms with Gasteiger partial charge in [-0.05, 0) is 42.8 Å². The Kier molecular flexibility index (Phi) is 4.53. The Bertz CT molecular complexity index is 1140. The smallest absolute Gasteiger partial charge is 0.366 e. The lowest BCUT2D eigenvalue weighted by molar-refractivity contribution is -0.137. The van der Waals surface area contributed by atoms with Gasteiger partial charge in [0.2, 0.25) is 0 Å². The van der Waals surface area contributed by atoms with Crippen molar-refractivity contribution in [1.82, 2.24) is 9.97 Å². The number of anilines is 3. The number of urea groups is 1. The average molecular weight is 425 g/mol. The number of hydrogen-bond donors (Lipinski definition) is 1. The molecule has 9 heteroatoms. The molecule has 2 bridgehead atoms. The van der Waals surface area contributed by atoms with Gasteiger partial charge in [-0.2, -0.15) is 13.2 Å². The summed E-state index contributed by atoms with van der Waals surface area (Å²) in [5.41, 5.74) is 1.35. The Balaban J connectivity index is 1.54. The van der Waals surface area contributed by atoms with Crippen LogP contribution >= 0.6 is 0 Å². The number of nitrogens with zero attached hydrogens (tertiary/aromatic N) is 4. The molecule has 1 atom stereocenters. The lowest BCUT2D eigenvalue weighted by atomic mass is 10.1. The Labute approximate surface area is 176 Å². The van der Waals surface area contributed by atoms with E-state index in [1.807, 2.05) is 6.07 Å². The van der Waals surface area contributed by atoms with Gasteiger partial charge in [-0.25, -0.2) is 9.78 Å². The first-order valence-electron chi connectivity index (χ1n) is 9.84. The topological polar surface area (TPSA) is 61.4 Å². The number of alkyl halides is 3. The number of aromatic nitrogens is 2. The number of rotatable bonds is 2. The number of carbonyl (C=O) groups is 1. The van der Waals surface area contributed by atoms with Gasteiger partial charge in [0.25, 0.3) is 0 Å². The number of fused-ring (bicyclic) bond motifs is 4. The second kappa shape index (κ2) is 7.26. The number of carbonyl (C=O) groups excluding carboxylic acids is 1. The van der Waals surface area contributed by atoms with E-state index < -0.39 is 11.7 Å². The summed E-state index contributed by atoms with van der Waals surface area (Å²) in [6.45, 7) is 1.48. The zero-order valence-electron chi connectivity index (χ0n) is 16.3. The molecular formula is C22H18F3N5O. The summed E-state index contributed by atoms with van der Waals surface area (Å²) in [7, 11) is 0. The van der Waals surface area contributed by atoms with Crippen molar-refractivity contribution in [2.75, 3.05) is 28.2 Å². The fourth-order valence-corrected chi connectivity index (χ4v) is 4.11. The summed E-state index contributed by atoms with van der Waals surface area (Å²) in [6, 6.07) is 11.6. The summed E-state index contributed by atoms with van der Waals surface area (Å²) < 4.78 is 39.4. The Morgan fingerprint density at radius 2 is 2.00 bits per heavy atom. The Morgan fingerprint density at radius 3 is 2.77 bits per heavy atom. The van der Waals surface area contributed by atoms with Crippen LogP contribution in [0.1, 0.15) is 12.0 Å². The minimum absolute atomic E-state index is 0.0616. The average Bonchev–Trinajstić information content (AvgIpc) is 3.18. The van der Waals surface area contributed by atoms with Gasteiger partial charge in [0.1, 0.15) is 0 Å². The van der Waals surface area contributed by atoms with E-state index in [4.69, 9.17) is 0 Å². The fraction of sp³-hybridized carbons (Fsp3) is 0.227. The molecule has 0 unspecified atom stereocenters. The highest BCUT2D eigenvalue weighted by Crippen LogP contribution is 2.41. The zero-order chi connectivity index (χ0) is 21.6. The molecule has 4 heterocycles. The largest absolute Gasteiger partial charge is 0.416 e. The molecule has 1 N–H and O–H groups in total. The van der Waals surface area contributed by atoms with Gasteiger partial charge < -0.3 is 10.2 Å². The highest BCUT2D eigenvalue weighted by atomic mass is 19.4. The van der Waals surface area contributed by atoms with Crippen molar-refractivity contribution in [3.05, 3.63) is 66.5 Å². The quantitative estimate of drug-likeness (QED) is 0.641. The number of pyridine rings is 2. The standard InChI is InChI=1S/C22H18F3N5O/c23-22(24,25)15-4-1-3-14(11-15)18-6-7-19-20(28-18)30(17-8-10-29(19)13-17)21(31)27-16-5-2-9-26-12-16/h1-7,9,11-12,17H,8,10,13H2,(H,27,31)/t17-/m0/s1. The van der Waals surface area contributed by atoms with E-state index in [1.165, 1.54) is 6.07 Å². The Hall–Kier alpha value is -3.62. The van der Waals surface area contributed by atoms with Crippen molar-refractivity contribution in [3.8, 4) is 11.3 Å². The number of nitrogens with one attached hydrogen (secondary N) is 1. The SMILES string of the molecule is O=C(Nc1cccnc1)N1c2nc(-c3cccc(C(F)(F)F)c3)ccc2N2CC[C@H]1C2. The van der Waals surface area contributed by atoms with Crippen molar-refractivity contribution < 1.29 is 18.0 Å². The molecule has 2 aliphatic heterocycles. The summed E-state index contributed by atoms with van der Waals surface area (Å²) in [5, 5.41) is 2.84. The van der Waals surface area contributed by atoms with Crippen LogP contribution in [0.3, 0.4) is 0 Å². The first kappa shape index (κ1) is 19.3. The highest BCUT2D eigenvalue weighted by molar-refractivity contribution is 6.04. The lowest BCUT2D eigenvalue weighted by Gasteiger charge is -2.36. The molecule has 1 aromatic carbocycles. The predicted octanol–water partition coefficient (Wildman–Crippen LogP) is 4.79. The van der Waals surface area contributed by atoms with Crippen LogP contribution < -0.4 is 15.1 Å². The van der Waals surface area contributed by atoms with Gasteiger partial charge in [0.15, 0.2) is 5.82 Å². The van der Waals surface area contributed by atoms with E-state index in [9.17, 15) is 18.0 Å². The molecule has 6 nitrogen and oxygen atoms in total. The maximum absolute atomic E-state index is 13.1. The van der Waals surface area contributed by atoms with Gasteiger partial charge >= 0.3 is 12.2 Å². The lowest BCUT2D eigenvalue weighted by Crippen LogP contribution is -2.48. The number of halogens is 3. The molecule has 0 radical (unpaired) electrons. The summed E-state index contributed by atoms with van der Waals surface area (Å²) >= 11 is 0. The van der Waals surface area contributed by atoms with Crippen LogP contribution in [-0.2, 0) is 6.18 Å². The van der Waals surface area contributed by atoms with Crippen LogP contribution in [0.15, 0.2) is 60.9 Å². The van der Waals surface area contributed by atoms with Crippen LogP contribution in [-0.4, -0.2) is 35.1 Å². The van der Waals surface area contributed by atoms with Crippen LogP contribution in [0.5, 0.6) is 0 Å². The van der Waals surface area contributed by atoms with E-state index in [2.05, 4.69) is 20.2 Å². The van der Waals surface area contributed by atoms with Crippen molar-refractivity contribution in [2.45, 2.75) is 18.6 Å². The molecule has 2 aromatic heterocycles. The van der Waals surface area contributed by atoms with Gasteiger partial charge in [0, 0.05) is 24.8 Å². The second-order valence-corrected chi connectivity index (χ2v) is 7.55.